The van der Waals surface area contributed by atoms with Crippen molar-refractivity contribution in [3.63, 3.8) is 0 Å². The maximum atomic E-state index is 11.8. The lowest BCUT2D eigenvalue weighted by molar-refractivity contribution is 0.0522. The van der Waals surface area contributed by atoms with Gasteiger partial charge in [0.1, 0.15) is 11.3 Å². The Morgan fingerprint density at radius 1 is 1.28 bits per heavy atom. The largest absolute Gasteiger partial charge is 0.495 e. The summed E-state index contributed by atoms with van der Waals surface area (Å²) in [6.45, 7) is 1.98. The molecule has 0 radical (unpaired) electrons. The van der Waals surface area contributed by atoms with Crippen molar-refractivity contribution in [1.82, 2.24) is 0 Å². The number of hydrogen-bond donors (Lipinski definition) is 0. The molecule has 1 aromatic carbocycles. The van der Waals surface area contributed by atoms with Crippen LogP contribution in [0.3, 0.4) is 0 Å². The summed E-state index contributed by atoms with van der Waals surface area (Å²) in [7, 11) is 1.41. The Labute approximate surface area is 111 Å². The summed E-state index contributed by atoms with van der Waals surface area (Å²) in [6, 6.07) is 4.79. The third kappa shape index (κ3) is 3.23. The number of methoxy groups -OCH3 is 1. The van der Waals surface area contributed by atoms with Crippen molar-refractivity contribution >= 4 is 23.4 Å². The number of halogens is 1. The van der Waals surface area contributed by atoms with Crippen LogP contribution in [0.1, 0.15) is 34.1 Å². The number of alkyl halides is 1. The molecule has 98 valence electrons. The van der Waals surface area contributed by atoms with Crippen LogP contribution < -0.4 is 4.74 Å². The van der Waals surface area contributed by atoms with Gasteiger partial charge < -0.3 is 9.47 Å². The zero-order valence-electron chi connectivity index (χ0n) is 10.4. The number of benzene rings is 1. The number of rotatable bonds is 6. The molecule has 4 nitrogen and oxygen atoms in total. The first kappa shape index (κ1) is 14.5. The number of para-hydroxylation sites is 1. The molecule has 18 heavy (non-hydrogen) atoms. The quantitative estimate of drug-likeness (QED) is 0.453. The third-order valence-electron chi connectivity index (χ3n) is 2.34. The number of carbonyl (C=O) groups excluding carboxylic acids is 2. The molecule has 5 heteroatoms. The molecule has 0 saturated carbocycles. The van der Waals surface area contributed by atoms with Gasteiger partial charge in [-0.15, -0.1) is 11.6 Å². The van der Waals surface area contributed by atoms with Crippen LogP contribution in [0.25, 0.3) is 0 Å². The first-order chi connectivity index (χ1) is 8.65. The lowest BCUT2D eigenvalue weighted by Crippen LogP contribution is -2.10. The SMILES string of the molecule is CCOC(=O)c1cccc(C(=O)CCCl)c1OC. The van der Waals surface area contributed by atoms with Gasteiger partial charge in [0.2, 0.25) is 0 Å². The fraction of sp³-hybridized carbons (Fsp3) is 0.385. The number of esters is 1. The molecule has 0 unspecified atom stereocenters. The topological polar surface area (TPSA) is 52.6 Å². The van der Waals surface area contributed by atoms with Gasteiger partial charge in [-0.2, -0.15) is 0 Å². The highest BCUT2D eigenvalue weighted by molar-refractivity contribution is 6.19. The van der Waals surface area contributed by atoms with E-state index in [2.05, 4.69) is 0 Å². The Kier molecular flexibility index (Phi) is 5.65. The standard InChI is InChI=1S/C13H15ClO4/c1-3-18-13(16)10-6-4-5-9(12(10)17-2)11(15)7-8-14/h4-6H,3,7-8H2,1-2H3. The second-order valence-corrected chi connectivity index (χ2v) is 3.85. The van der Waals surface area contributed by atoms with Gasteiger partial charge in [-0.1, -0.05) is 6.07 Å². The Bertz CT molecular complexity index is 406. The zero-order chi connectivity index (χ0) is 13.5. The summed E-state index contributed by atoms with van der Waals surface area (Å²) in [6.07, 6.45) is 0.199. The highest BCUT2D eigenvalue weighted by atomic mass is 35.5. The van der Waals surface area contributed by atoms with Crippen LogP contribution in [0.5, 0.6) is 5.75 Å². The third-order valence-corrected chi connectivity index (χ3v) is 2.53. The van der Waals surface area contributed by atoms with E-state index >= 15 is 0 Å². The minimum atomic E-state index is -0.505. The van der Waals surface area contributed by atoms with E-state index in [9.17, 15) is 9.59 Å². The first-order valence-corrected chi connectivity index (χ1v) is 6.12. The second-order valence-electron chi connectivity index (χ2n) is 3.47. The van der Waals surface area contributed by atoms with E-state index < -0.39 is 5.97 Å². The van der Waals surface area contributed by atoms with Crippen molar-refractivity contribution < 1.29 is 19.1 Å². The number of Topliss-reactive ketones (excluding diaryl/α,β-unsaturated/α-hetero) is 1. The van der Waals surface area contributed by atoms with E-state index in [1.807, 2.05) is 0 Å². The monoisotopic (exact) mass is 270 g/mol. The molecule has 0 N–H and O–H groups in total. The average molecular weight is 271 g/mol. The van der Waals surface area contributed by atoms with Crippen LogP contribution >= 0.6 is 11.6 Å². The van der Waals surface area contributed by atoms with E-state index in [0.717, 1.165) is 0 Å². The highest BCUT2D eigenvalue weighted by Crippen LogP contribution is 2.26. The molecule has 0 fully saturated rings. The Hall–Kier alpha value is -1.55. The summed E-state index contributed by atoms with van der Waals surface area (Å²) in [4.78, 5) is 23.6. The molecule has 0 bridgehead atoms. The number of ether oxygens (including phenoxy) is 2. The minimum Gasteiger partial charge on any atom is -0.495 e. The van der Waals surface area contributed by atoms with Crippen LogP contribution in [0.4, 0.5) is 0 Å². The maximum absolute atomic E-state index is 11.8. The summed E-state index contributed by atoms with van der Waals surface area (Å²) >= 11 is 5.54. The van der Waals surface area contributed by atoms with Crippen LogP contribution in [0.15, 0.2) is 18.2 Å². The zero-order valence-corrected chi connectivity index (χ0v) is 11.1. The van der Waals surface area contributed by atoms with Gasteiger partial charge in [-0.25, -0.2) is 4.79 Å². The molecule has 0 aliphatic rings. The highest BCUT2D eigenvalue weighted by Gasteiger charge is 2.20. The maximum Gasteiger partial charge on any atom is 0.341 e. The van der Waals surface area contributed by atoms with Crippen molar-refractivity contribution in [3.05, 3.63) is 29.3 Å². The Morgan fingerprint density at radius 2 is 1.94 bits per heavy atom. The number of ketones is 1. The molecule has 0 heterocycles. The summed E-state index contributed by atoms with van der Waals surface area (Å²) in [5.74, 6) is -0.194. The summed E-state index contributed by atoms with van der Waals surface area (Å²) in [5.41, 5.74) is 0.600. The average Bonchev–Trinajstić information content (AvgIpc) is 2.38. The van der Waals surface area contributed by atoms with Crippen molar-refractivity contribution in [2.24, 2.45) is 0 Å². The molecule has 0 amide bonds. The van der Waals surface area contributed by atoms with Crippen molar-refractivity contribution in [1.29, 1.82) is 0 Å². The van der Waals surface area contributed by atoms with E-state index in [4.69, 9.17) is 21.1 Å². The molecular weight excluding hydrogens is 256 g/mol. The van der Waals surface area contributed by atoms with Crippen LogP contribution in [-0.2, 0) is 4.74 Å². The van der Waals surface area contributed by atoms with E-state index in [-0.39, 0.29) is 36.0 Å². The van der Waals surface area contributed by atoms with E-state index in [1.54, 1.807) is 25.1 Å². The molecule has 0 saturated heterocycles. The van der Waals surface area contributed by atoms with Gasteiger partial charge in [0.05, 0.1) is 19.3 Å². The predicted octanol–water partition coefficient (Wildman–Crippen LogP) is 2.68. The summed E-state index contributed by atoms with van der Waals surface area (Å²) < 4.78 is 10.1. The Morgan fingerprint density at radius 3 is 2.50 bits per heavy atom. The van der Waals surface area contributed by atoms with Crippen molar-refractivity contribution in [2.45, 2.75) is 13.3 Å². The number of carbonyl (C=O) groups is 2. The minimum absolute atomic E-state index is 0.159. The van der Waals surface area contributed by atoms with Gasteiger partial charge >= 0.3 is 5.97 Å². The predicted molar refractivity (Wildman–Crippen MR) is 68.6 cm³/mol. The van der Waals surface area contributed by atoms with Crippen molar-refractivity contribution in [3.8, 4) is 5.75 Å². The van der Waals surface area contributed by atoms with E-state index in [0.29, 0.717) is 5.56 Å². The van der Waals surface area contributed by atoms with E-state index in [1.165, 1.54) is 7.11 Å². The number of hydrogen-bond acceptors (Lipinski definition) is 4. The molecule has 1 rings (SSSR count). The molecule has 0 aliphatic heterocycles. The molecule has 0 spiro atoms. The molecular formula is C13H15ClO4. The lowest BCUT2D eigenvalue weighted by atomic mass is 10.0. The van der Waals surface area contributed by atoms with Crippen molar-refractivity contribution in [2.75, 3.05) is 19.6 Å². The van der Waals surface area contributed by atoms with Gasteiger partial charge in [0.15, 0.2) is 5.78 Å². The normalized spacial score (nSPS) is 9.94. The van der Waals surface area contributed by atoms with Gasteiger partial charge in [-0.3, -0.25) is 4.79 Å². The van der Waals surface area contributed by atoms with Crippen LogP contribution in [-0.4, -0.2) is 31.3 Å². The van der Waals surface area contributed by atoms with Gasteiger partial charge in [0.25, 0.3) is 0 Å². The second kappa shape index (κ2) is 7.01. The fourth-order valence-corrected chi connectivity index (χ4v) is 1.74. The van der Waals surface area contributed by atoms with Crippen LogP contribution in [0, 0.1) is 0 Å². The summed E-state index contributed by atoms with van der Waals surface area (Å²) in [5, 5.41) is 0. The van der Waals surface area contributed by atoms with Crippen LogP contribution in [0.2, 0.25) is 0 Å². The molecule has 1 aromatic rings. The molecule has 0 atom stereocenters. The fourth-order valence-electron chi connectivity index (χ4n) is 1.57. The van der Waals surface area contributed by atoms with Gasteiger partial charge in [0, 0.05) is 12.3 Å². The lowest BCUT2D eigenvalue weighted by Gasteiger charge is -2.11. The molecule has 0 aliphatic carbocycles. The smallest absolute Gasteiger partial charge is 0.341 e. The Balaban J connectivity index is 3.17. The molecule has 0 aromatic heterocycles. The van der Waals surface area contributed by atoms with Gasteiger partial charge in [-0.05, 0) is 19.1 Å². The first-order valence-electron chi connectivity index (χ1n) is 5.59.